The second kappa shape index (κ2) is 9.36. The Morgan fingerprint density at radius 1 is 0.788 bits per heavy atom. The summed E-state index contributed by atoms with van der Waals surface area (Å²) in [6, 6.07) is 12.0. The van der Waals surface area contributed by atoms with E-state index in [1.165, 1.54) is 30.3 Å². The minimum atomic E-state index is -6.93. The van der Waals surface area contributed by atoms with E-state index in [9.17, 15) is 44.3 Å². The van der Waals surface area contributed by atoms with Gasteiger partial charge < -0.3 is 9.84 Å². The molecule has 0 atom stereocenters. The van der Waals surface area contributed by atoms with Crippen LogP contribution < -0.4 is 4.74 Å². The molecule has 0 spiro atoms. The Morgan fingerprint density at radius 2 is 1.27 bits per heavy atom. The standard InChI is InChI=1S/C21H15F9O3/c22-18(23,19(24,25)20(26,27)21(28,29)30)11-12-33-16-8-6-15(7-9-16)14-4-1-13(2-5-14)3-10-17(31)32/h1-10H,11-12H2,(H,31,32)/b10-3+. The Hall–Kier alpha value is -3.18. The zero-order valence-corrected chi connectivity index (χ0v) is 16.4. The maximum atomic E-state index is 13.5. The molecule has 0 aromatic heterocycles. The van der Waals surface area contributed by atoms with Crippen LogP contribution in [0.5, 0.6) is 5.75 Å². The van der Waals surface area contributed by atoms with E-state index in [1.807, 2.05) is 0 Å². The lowest BCUT2D eigenvalue weighted by Gasteiger charge is -2.33. The molecule has 0 bridgehead atoms. The molecule has 0 saturated heterocycles. The van der Waals surface area contributed by atoms with Gasteiger partial charge in [-0.3, -0.25) is 0 Å². The number of aliphatic carboxylic acids is 1. The number of rotatable bonds is 9. The van der Waals surface area contributed by atoms with Crippen molar-refractivity contribution in [1.29, 1.82) is 0 Å². The van der Waals surface area contributed by atoms with E-state index >= 15 is 0 Å². The van der Waals surface area contributed by atoms with Crippen LogP contribution in [0.2, 0.25) is 0 Å². The quantitative estimate of drug-likeness (QED) is 0.318. The highest BCUT2D eigenvalue weighted by Gasteiger charge is 2.81. The summed E-state index contributed by atoms with van der Waals surface area (Å²) < 4.78 is 120. The summed E-state index contributed by atoms with van der Waals surface area (Å²) in [5.74, 6) is -20.5. The van der Waals surface area contributed by atoms with Crippen LogP contribution in [0.15, 0.2) is 54.6 Å². The molecule has 0 radical (unpaired) electrons. The van der Waals surface area contributed by atoms with Gasteiger partial charge in [0, 0.05) is 6.08 Å². The Morgan fingerprint density at radius 3 is 1.73 bits per heavy atom. The monoisotopic (exact) mass is 486 g/mol. The highest BCUT2D eigenvalue weighted by Crippen LogP contribution is 2.53. The van der Waals surface area contributed by atoms with Crippen LogP contribution in [0, 0.1) is 0 Å². The van der Waals surface area contributed by atoms with Gasteiger partial charge in [-0.1, -0.05) is 36.4 Å². The normalized spacial score (nSPS) is 13.4. The van der Waals surface area contributed by atoms with Gasteiger partial charge in [0.2, 0.25) is 0 Å². The first-order valence-corrected chi connectivity index (χ1v) is 9.03. The first kappa shape index (κ1) is 26.1. The fraction of sp³-hybridized carbons (Fsp3) is 0.286. The van der Waals surface area contributed by atoms with Crippen LogP contribution in [0.4, 0.5) is 39.5 Å². The van der Waals surface area contributed by atoms with Gasteiger partial charge in [0.05, 0.1) is 13.0 Å². The summed E-state index contributed by atoms with van der Waals surface area (Å²) in [7, 11) is 0. The van der Waals surface area contributed by atoms with Crippen molar-refractivity contribution in [2.75, 3.05) is 6.61 Å². The van der Waals surface area contributed by atoms with E-state index in [2.05, 4.69) is 0 Å². The lowest BCUT2D eigenvalue weighted by molar-refractivity contribution is -0.397. The van der Waals surface area contributed by atoms with Crippen molar-refractivity contribution in [3.8, 4) is 16.9 Å². The van der Waals surface area contributed by atoms with Crippen LogP contribution in [0.25, 0.3) is 17.2 Å². The van der Waals surface area contributed by atoms with E-state index < -0.39 is 42.9 Å². The van der Waals surface area contributed by atoms with E-state index in [0.717, 1.165) is 6.08 Å². The van der Waals surface area contributed by atoms with Crippen LogP contribution in [0.1, 0.15) is 12.0 Å². The summed E-state index contributed by atoms with van der Waals surface area (Å²) in [6.07, 6.45) is -6.63. The first-order chi connectivity index (χ1) is 15.1. The van der Waals surface area contributed by atoms with Crippen LogP contribution in [0.3, 0.4) is 0 Å². The predicted octanol–water partition coefficient (Wildman–Crippen LogP) is 6.69. The largest absolute Gasteiger partial charge is 0.493 e. The number of carbonyl (C=O) groups is 1. The molecule has 2 aromatic rings. The molecule has 0 aliphatic heterocycles. The molecule has 180 valence electrons. The lowest BCUT2D eigenvalue weighted by atomic mass is 10.0. The Labute approximate surface area is 181 Å². The predicted molar refractivity (Wildman–Crippen MR) is 99.6 cm³/mol. The minimum Gasteiger partial charge on any atom is -0.493 e. The van der Waals surface area contributed by atoms with Crippen molar-refractivity contribution in [3.63, 3.8) is 0 Å². The number of carboxylic acids is 1. The molecule has 2 aromatic carbocycles. The number of halogens is 9. The van der Waals surface area contributed by atoms with E-state index in [-0.39, 0.29) is 5.75 Å². The maximum Gasteiger partial charge on any atom is 0.460 e. The third-order valence-electron chi connectivity index (χ3n) is 4.41. The van der Waals surface area contributed by atoms with Gasteiger partial charge in [-0.05, 0) is 34.9 Å². The second-order valence-corrected chi connectivity index (χ2v) is 6.77. The summed E-state index contributed by atoms with van der Waals surface area (Å²) in [5, 5.41) is 8.59. The van der Waals surface area contributed by atoms with Crippen LogP contribution in [-0.4, -0.2) is 41.6 Å². The van der Waals surface area contributed by atoms with Gasteiger partial charge in [0.15, 0.2) is 0 Å². The molecule has 0 amide bonds. The SMILES string of the molecule is O=C(O)/C=C/c1ccc(-c2ccc(OCCC(F)(F)C(F)(F)C(F)(F)C(F)(F)F)cc2)cc1. The van der Waals surface area contributed by atoms with Gasteiger partial charge in [0.1, 0.15) is 5.75 Å². The Kier molecular flexibility index (Phi) is 7.39. The number of ether oxygens (including phenoxy) is 1. The first-order valence-electron chi connectivity index (χ1n) is 9.03. The molecule has 0 aliphatic rings. The van der Waals surface area contributed by atoms with E-state index in [1.54, 1.807) is 24.3 Å². The highest BCUT2D eigenvalue weighted by molar-refractivity contribution is 5.85. The van der Waals surface area contributed by atoms with Gasteiger partial charge in [-0.15, -0.1) is 0 Å². The molecule has 0 aliphatic carbocycles. The molecule has 2 rings (SSSR count). The number of hydrogen-bond acceptors (Lipinski definition) is 2. The number of hydrogen-bond donors (Lipinski definition) is 1. The van der Waals surface area contributed by atoms with Gasteiger partial charge in [-0.2, -0.15) is 39.5 Å². The Bertz CT molecular complexity index is 980. The fourth-order valence-corrected chi connectivity index (χ4v) is 2.56. The number of carboxylic acid groups (broad SMARTS) is 1. The van der Waals surface area contributed by atoms with Crippen molar-refractivity contribution in [1.82, 2.24) is 0 Å². The topological polar surface area (TPSA) is 46.5 Å². The molecule has 33 heavy (non-hydrogen) atoms. The zero-order chi connectivity index (χ0) is 25.1. The molecule has 0 fully saturated rings. The summed E-state index contributed by atoms with van der Waals surface area (Å²) in [6.45, 7) is -1.25. The highest BCUT2D eigenvalue weighted by atomic mass is 19.4. The summed E-state index contributed by atoms with van der Waals surface area (Å²) >= 11 is 0. The van der Waals surface area contributed by atoms with E-state index in [4.69, 9.17) is 9.84 Å². The lowest BCUT2D eigenvalue weighted by Crippen LogP contribution is -2.61. The molecule has 12 heteroatoms. The second-order valence-electron chi connectivity index (χ2n) is 6.77. The summed E-state index contributed by atoms with van der Waals surface area (Å²) in [4.78, 5) is 10.5. The molecule has 0 heterocycles. The maximum absolute atomic E-state index is 13.5. The summed E-state index contributed by atoms with van der Waals surface area (Å²) in [5.41, 5.74) is 1.89. The van der Waals surface area contributed by atoms with Gasteiger partial charge >= 0.3 is 29.9 Å². The van der Waals surface area contributed by atoms with Crippen molar-refractivity contribution in [3.05, 3.63) is 60.2 Å². The molecule has 3 nitrogen and oxygen atoms in total. The van der Waals surface area contributed by atoms with Crippen molar-refractivity contribution in [2.24, 2.45) is 0 Å². The van der Waals surface area contributed by atoms with Gasteiger partial charge in [0.25, 0.3) is 0 Å². The fourth-order valence-electron chi connectivity index (χ4n) is 2.56. The van der Waals surface area contributed by atoms with Crippen molar-refractivity contribution < 1.29 is 54.2 Å². The molecule has 0 saturated carbocycles. The smallest absolute Gasteiger partial charge is 0.460 e. The Balaban J connectivity index is 2.01. The van der Waals surface area contributed by atoms with E-state index in [0.29, 0.717) is 16.7 Å². The average Bonchev–Trinajstić information content (AvgIpc) is 2.72. The molecular weight excluding hydrogens is 471 g/mol. The molecule has 0 unspecified atom stereocenters. The van der Waals surface area contributed by atoms with Crippen molar-refractivity contribution in [2.45, 2.75) is 30.4 Å². The molecular formula is C21H15F9O3. The molecule has 1 N–H and O–H groups in total. The van der Waals surface area contributed by atoms with Crippen LogP contribution in [-0.2, 0) is 4.79 Å². The van der Waals surface area contributed by atoms with Gasteiger partial charge in [-0.25, -0.2) is 4.79 Å². The number of benzene rings is 2. The third-order valence-corrected chi connectivity index (χ3v) is 4.41. The third kappa shape index (κ3) is 5.79. The minimum absolute atomic E-state index is 0.110. The van der Waals surface area contributed by atoms with Crippen LogP contribution >= 0.6 is 0 Å². The zero-order valence-electron chi connectivity index (χ0n) is 16.4. The average molecular weight is 486 g/mol. The van der Waals surface area contributed by atoms with Crippen molar-refractivity contribution >= 4 is 12.0 Å². The number of alkyl halides is 9.